The Morgan fingerprint density at radius 1 is 1.50 bits per heavy atom. The molecule has 0 amide bonds. The molecule has 0 spiro atoms. The molecule has 0 N–H and O–H groups in total. The van der Waals surface area contributed by atoms with Crippen LogP contribution < -0.4 is 0 Å². The van der Waals surface area contributed by atoms with Gasteiger partial charge in [0.1, 0.15) is 11.8 Å². The van der Waals surface area contributed by atoms with Crippen LogP contribution in [0.25, 0.3) is 0 Å². The van der Waals surface area contributed by atoms with Crippen molar-refractivity contribution in [1.82, 2.24) is 0 Å². The summed E-state index contributed by atoms with van der Waals surface area (Å²) in [6, 6.07) is 1.91. The number of carbonyl (C=O) groups is 1. The summed E-state index contributed by atoms with van der Waals surface area (Å²) in [6.45, 7) is 3.92. The third-order valence-electron chi connectivity index (χ3n) is 2.86. The SMILES string of the molecule is C/C=C/C1/C(OCOC)=C/C(=O)OC(C#N)/C=C/C1C. The van der Waals surface area contributed by atoms with Gasteiger partial charge in [0.2, 0.25) is 6.10 Å². The van der Waals surface area contributed by atoms with E-state index in [1.165, 1.54) is 13.2 Å². The maximum absolute atomic E-state index is 11.8. The minimum absolute atomic E-state index is 0.0469. The number of rotatable bonds is 4. The van der Waals surface area contributed by atoms with Crippen LogP contribution in [0.4, 0.5) is 0 Å². The van der Waals surface area contributed by atoms with Gasteiger partial charge in [0.25, 0.3) is 0 Å². The molecule has 108 valence electrons. The van der Waals surface area contributed by atoms with E-state index in [2.05, 4.69) is 0 Å². The largest absolute Gasteiger partial charge is 0.471 e. The summed E-state index contributed by atoms with van der Waals surface area (Å²) >= 11 is 0. The Morgan fingerprint density at radius 3 is 2.85 bits per heavy atom. The highest BCUT2D eigenvalue weighted by atomic mass is 16.7. The summed E-state index contributed by atoms with van der Waals surface area (Å²) in [7, 11) is 1.51. The quantitative estimate of drug-likeness (QED) is 0.448. The van der Waals surface area contributed by atoms with E-state index >= 15 is 0 Å². The van der Waals surface area contributed by atoms with Crippen LogP contribution in [0.5, 0.6) is 0 Å². The molecule has 0 bridgehead atoms. The molecule has 5 heteroatoms. The maximum atomic E-state index is 11.8. The van der Waals surface area contributed by atoms with Gasteiger partial charge in [-0.1, -0.05) is 25.2 Å². The molecule has 1 heterocycles. The molecule has 0 aromatic heterocycles. The standard InChI is InChI=1S/C15H19NO4/c1-4-5-13-11(2)6-7-12(9-16)20-15(17)8-14(13)19-10-18-3/h4-8,11-13H,10H2,1-3H3/b5-4+,7-6+,14-8-. The number of allylic oxidation sites excluding steroid dienone is 3. The van der Waals surface area contributed by atoms with Crippen molar-refractivity contribution in [3.8, 4) is 6.07 Å². The lowest BCUT2D eigenvalue weighted by Crippen LogP contribution is -2.15. The van der Waals surface area contributed by atoms with Crippen LogP contribution in [-0.2, 0) is 19.0 Å². The Kier molecular flexibility index (Phi) is 6.54. The highest BCUT2D eigenvalue weighted by molar-refractivity contribution is 5.83. The van der Waals surface area contributed by atoms with Crippen LogP contribution in [0.15, 0.2) is 36.1 Å². The van der Waals surface area contributed by atoms with Crippen molar-refractivity contribution in [2.45, 2.75) is 20.0 Å². The second kappa shape index (κ2) is 8.18. The first-order valence-electron chi connectivity index (χ1n) is 6.37. The zero-order valence-corrected chi connectivity index (χ0v) is 11.9. The first-order chi connectivity index (χ1) is 9.62. The molecule has 0 aromatic carbocycles. The van der Waals surface area contributed by atoms with Crippen LogP contribution in [0.2, 0.25) is 0 Å². The van der Waals surface area contributed by atoms with Gasteiger partial charge in [0.05, 0.1) is 6.08 Å². The number of methoxy groups -OCH3 is 1. The summed E-state index contributed by atoms with van der Waals surface area (Å²) in [5, 5.41) is 8.92. The fraction of sp³-hybridized carbons (Fsp3) is 0.467. The van der Waals surface area contributed by atoms with E-state index in [1.807, 2.05) is 38.1 Å². The summed E-state index contributed by atoms with van der Waals surface area (Å²) in [5.41, 5.74) is 0. The Labute approximate surface area is 119 Å². The molecule has 0 saturated carbocycles. The second-order valence-electron chi connectivity index (χ2n) is 4.38. The molecule has 1 rings (SSSR count). The number of ether oxygens (including phenoxy) is 3. The Bertz CT molecular complexity index is 459. The summed E-state index contributed by atoms with van der Waals surface area (Å²) in [5.74, 6) is -0.197. The molecule has 0 saturated heterocycles. The maximum Gasteiger partial charge on any atom is 0.335 e. The van der Waals surface area contributed by atoms with Gasteiger partial charge < -0.3 is 14.2 Å². The van der Waals surface area contributed by atoms with Crippen LogP contribution >= 0.6 is 0 Å². The molecule has 1 aliphatic rings. The van der Waals surface area contributed by atoms with Crippen molar-refractivity contribution < 1.29 is 19.0 Å². The van der Waals surface area contributed by atoms with E-state index in [-0.39, 0.29) is 18.6 Å². The van der Waals surface area contributed by atoms with E-state index in [0.29, 0.717) is 5.76 Å². The first-order valence-corrected chi connectivity index (χ1v) is 6.37. The molecular formula is C15H19NO4. The van der Waals surface area contributed by atoms with Gasteiger partial charge in [0.15, 0.2) is 6.79 Å². The lowest BCUT2D eigenvalue weighted by molar-refractivity contribution is -0.139. The molecule has 3 atom stereocenters. The summed E-state index contributed by atoms with van der Waals surface area (Å²) < 4.78 is 15.3. The van der Waals surface area contributed by atoms with Gasteiger partial charge in [-0.2, -0.15) is 5.26 Å². The lowest BCUT2D eigenvalue weighted by Gasteiger charge is -2.21. The van der Waals surface area contributed by atoms with Crippen LogP contribution in [-0.4, -0.2) is 26.0 Å². The number of nitriles is 1. The second-order valence-corrected chi connectivity index (χ2v) is 4.38. The molecule has 0 aliphatic carbocycles. The predicted molar refractivity (Wildman–Crippen MR) is 73.1 cm³/mol. The first kappa shape index (κ1) is 16.0. The van der Waals surface area contributed by atoms with Gasteiger partial charge in [-0.15, -0.1) is 0 Å². The van der Waals surface area contributed by atoms with Gasteiger partial charge in [-0.05, 0) is 18.9 Å². The topological polar surface area (TPSA) is 68.6 Å². The molecule has 0 radical (unpaired) electrons. The predicted octanol–water partition coefficient (Wildman–Crippen LogP) is 2.32. The third kappa shape index (κ3) is 4.56. The van der Waals surface area contributed by atoms with Crippen LogP contribution in [0.3, 0.4) is 0 Å². The normalized spacial score (nSPS) is 31.2. The highest BCUT2D eigenvalue weighted by Gasteiger charge is 2.23. The van der Waals surface area contributed by atoms with E-state index in [9.17, 15) is 4.79 Å². The Morgan fingerprint density at radius 2 is 2.25 bits per heavy atom. The fourth-order valence-electron chi connectivity index (χ4n) is 1.88. The van der Waals surface area contributed by atoms with Gasteiger partial charge >= 0.3 is 5.97 Å². The zero-order chi connectivity index (χ0) is 15.0. The monoisotopic (exact) mass is 277 g/mol. The third-order valence-corrected chi connectivity index (χ3v) is 2.86. The van der Waals surface area contributed by atoms with Crippen molar-refractivity contribution in [2.75, 3.05) is 13.9 Å². The molecule has 1 aliphatic heterocycles. The molecule has 5 nitrogen and oxygen atoms in total. The van der Waals surface area contributed by atoms with Crippen molar-refractivity contribution in [3.63, 3.8) is 0 Å². The average molecular weight is 277 g/mol. The van der Waals surface area contributed by atoms with Crippen LogP contribution in [0, 0.1) is 23.2 Å². The highest BCUT2D eigenvalue weighted by Crippen LogP contribution is 2.26. The molecule has 3 unspecified atom stereocenters. The summed E-state index contributed by atoms with van der Waals surface area (Å²) in [4.78, 5) is 11.8. The van der Waals surface area contributed by atoms with Crippen molar-refractivity contribution in [3.05, 3.63) is 36.1 Å². The van der Waals surface area contributed by atoms with Crippen molar-refractivity contribution in [1.29, 1.82) is 5.26 Å². The minimum Gasteiger partial charge on any atom is -0.471 e. The molecule has 20 heavy (non-hydrogen) atoms. The summed E-state index contributed by atoms with van der Waals surface area (Å²) in [6.07, 6.45) is 7.67. The number of hydrogen-bond donors (Lipinski definition) is 0. The van der Waals surface area contributed by atoms with E-state index in [1.54, 1.807) is 6.08 Å². The zero-order valence-electron chi connectivity index (χ0n) is 11.9. The van der Waals surface area contributed by atoms with Gasteiger partial charge in [-0.3, -0.25) is 0 Å². The average Bonchev–Trinajstić information content (AvgIpc) is 2.49. The van der Waals surface area contributed by atoms with Gasteiger partial charge in [-0.25, -0.2) is 4.79 Å². The lowest BCUT2D eigenvalue weighted by atomic mass is 9.90. The van der Waals surface area contributed by atoms with Crippen LogP contribution in [0.1, 0.15) is 13.8 Å². The Hall–Kier alpha value is -2.06. The number of nitrogens with zero attached hydrogens (tertiary/aromatic N) is 1. The fourth-order valence-corrected chi connectivity index (χ4v) is 1.88. The minimum atomic E-state index is -0.880. The van der Waals surface area contributed by atoms with E-state index in [0.717, 1.165) is 0 Å². The van der Waals surface area contributed by atoms with E-state index < -0.39 is 12.1 Å². The molecular weight excluding hydrogens is 258 g/mol. The number of hydrogen-bond acceptors (Lipinski definition) is 5. The number of esters is 1. The Balaban J connectivity index is 3.12. The van der Waals surface area contributed by atoms with E-state index in [4.69, 9.17) is 19.5 Å². The molecule has 0 fully saturated rings. The molecule has 0 aromatic rings. The number of carbonyl (C=O) groups excluding carboxylic acids is 1. The van der Waals surface area contributed by atoms with Crippen molar-refractivity contribution >= 4 is 5.97 Å². The van der Waals surface area contributed by atoms with Gasteiger partial charge in [0, 0.05) is 13.0 Å². The van der Waals surface area contributed by atoms with Crippen molar-refractivity contribution in [2.24, 2.45) is 11.8 Å². The smallest absolute Gasteiger partial charge is 0.335 e. The number of cyclic esters (lactones) is 1.